The van der Waals surface area contributed by atoms with Gasteiger partial charge in [0, 0.05) is 54.1 Å². The van der Waals surface area contributed by atoms with Crippen LogP contribution in [0.25, 0.3) is 22.0 Å². The Balaban J connectivity index is 1.42. The summed E-state index contributed by atoms with van der Waals surface area (Å²) in [6, 6.07) is 16.7. The Bertz CT molecular complexity index is 1480. The van der Waals surface area contributed by atoms with E-state index in [2.05, 4.69) is 23.2 Å². The van der Waals surface area contributed by atoms with E-state index in [0.717, 1.165) is 40.3 Å². The van der Waals surface area contributed by atoms with Crippen LogP contribution >= 0.6 is 0 Å². The Labute approximate surface area is 211 Å². The highest BCUT2D eigenvalue weighted by Gasteiger charge is 2.34. The minimum Gasteiger partial charge on any atom is -0.491 e. The lowest BCUT2D eigenvalue weighted by Gasteiger charge is -2.17. The smallest absolute Gasteiger partial charge is 0.243 e. The van der Waals surface area contributed by atoms with Gasteiger partial charge in [-0.25, -0.2) is 8.42 Å². The molecule has 1 unspecified atom stereocenters. The van der Waals surface area contributed by atoms with Crippen molar-refractivity contribution in [3.05, 3.63) is 78.8 Å². The number of pyridine rings is 1. The second-order valence-electron chi connectivity index (χ2n) is 9.36. The van der Waals surface area contributed by atoms with E-state index in [-0.39, 0.29) is 23.5 Å². The SMILES string of the molecule is CC(C)Oc1ccc(S(=O)(=O)N2CCC(c3cn(CC=O)c4cc(-c5cccnc5)ccc34)C2)cc1. The molecule has 5 rings (SSSR count). The molecule has 1 aliphatic rings. The molecular weight excluding hydrogens is 474 g/mol. The third kappa shape index (κ3) is 4.66. The summed E-state index contributed by atoms with van der Waals surface area (Å²) in [7, 11) is -3.62. The van der Waals surface area contributed by atoms with Crippen LogP contribution in [0, 0.1) is 0 Å². The lowest BCUT2D eigenvalue weighted by molar-refractivity contribution is -0.108. The zero-order valence-electron chi connectivity index (χ0n) is 20.4. The number of hydrogen-bond acceptors (Lipinski definition) is 5. The lowest BCUT2D eigenvalue weighted by atomic mass is 9.96. The van der Waals surface area contributed by atoms with Crippen LogP contribution in [0.2, 0.25) is 0 Å². The standard InChI is InChI=1S/C28H29N3O4S/c1-20(2)35-24-6-8-25(9-7-24)36(33,34)31-13-11-23(18-31)27-19-30(14-15-32)28-16-21(5-10-26(27)28)22-4-3-12-29-17-22/h3-10,12,15-17,19-20,23H,11,13-14,18H2,1-2H3. The molecule has 186 valence electrons. The minimum atomic E-state index is -3.62. The number of sulfonamides is 1. The quantitative estimate of drug-likeness (QED) is 0.321. The summed E-state index contributed by atoms with van der Waals surface area (Å²) in [4.78, 5) is 15.9. The van der Waals surface area contributed by atoms with Crippen molar-refractivity contribution in [2.24, 2.45) is 0 Å². The van der Waals surface area contributed by atoms with Crippen LogP contribution < -0.4 is 4.74 Å². The Kier molecular flexibility index (Phi) is 6.64. The van der Waals surface area contributed by atoms with Crippen molar-refractivity contribution in [1.29, 1.82) is 0 Å². The number of hydrogen-bond donors (Lipinski definition) is 0. The highest BCUT2D eigenvalue weighted by atomic mass is 32.2. The monoisotopic (exact) mass is 503 g/mol. The fourth-order valence-electron chi connectivity index (χ4n) is 4.90. The van der Waals surface area contributed by atoms with Gasteiger partial charge in [-0.1, -0.05) is 18.2 Å². The van der Waals surface area contributed by atoms with Gasteiger partial charge in [0.15, 0.2) is 0 Å². The summed E-state index contributed by atoms with van der Waals surface area (Å²) in [5, 5.41) is 1.05. The molecule has 36 heavy (non-hydrogen) atoms. The summed E-state index contributed by atoms with van der Waals surface area (Å²) in [6.07, 6.45) is 7.19. The summed E-state index contributed by atoms with van der Waals surface area (Å²) in [5.74, 6) is 0.694. The normalized spacial score (nSPS) is 16.6. The second-order valence-corrected chi connectivity index (χ2v) is 11.3. The minimum absolute atomic E-state index is 0.0218. The van der Waals surface area contributed by atoms with Crippen LogP contribution in [0.1, 0.15) is 31.7 Å². The van der Waals surface area contributed by atoms with Gasteiger partial charge in [-0.2, -0.15) is 4.31 Å². The largest absolute Gasteiger partial charge is 0.491 e. The molecule has 1 saturated heterocycles. The average Bonchev–Trinajstić information content (AvgIpc) is 3.50. The summed E-state index contributed by atoms with van der Waals surface area (Å²) < 4.78 is 35.8. The predicted molar refractivity (Wildman–Crippen MR) is 140 cm³/mol. The van der Waals surface area contributed by atoms with Crippen LogP contribution in [-0.2, 0) is 21.4 Å². The van der Waals surface area contributed by atoms with Crippen molar-refractivity contribution in [1.82, 2.24) is 13.9 Å². The van der Waals surface area contributed by atoms with Crippen LogP contribution in [0.4, 0.5) is 0 Å². The van der Waals surface area contributed by atoms with E-state index in [0.29, 0.717) is 18.8 Å². The Morgan fingerprint density at radius 3 is 2.61 bits per heavy atom. The van der Waals surface area contributed by atoms with Gasteiger partial charge < -0.3 is 14.1 Å². The maximum atomic E-state index is 13.3. The van der Waals surface area contributed by atoms with Crippen molar-refractivity contribution in [2.45, 2.75) is 43.7 Å². The maximum absolute atomic E-state index is 13.3. The van der Waals surface area contributed by atoms with E-state index in [1.165, 1.54) is 0 Å². The first-order chi connectivity index (χ1) is 17.4. The highest BCUT2D eigenvalue weighted by molar-refractivity contribution is 7.89. The van der Waals surface area contributed by atoms with Crippen molar-refractivity contribution in [2.75, 3.05) is 13.1 Å². The number of carbonyl (C=O) groups is 1. The van der Waals surface area contributed by atoms with E-state index in [4.69, 9.17) is 4.74 Å². The van der Waals surface area contributed by atoms with Gasteiger partial charge in [0.2, 0.25) is 10.0 Å². The molecule has 4 aromatic rings. The number of ether oxygens (including phenoxy) is 1. The molecule has 8 heteroatoms. The molecule has 2 aromatic heterocycles. The highest BCUT2D eigenvalue weighted by Crippen LogP contribution is 2.37. The first-order valence-electron chi connectivity index (χ1n) is 12.1. The van der Waals surface area contributed by atoms with Gasteiger partial charge in [0.25, 0.3) is 0 Å². The zero-order chi connectivity index (χ0) is 25.3. The molecule has 0 amide bonds. The molecule has 1 fully saturated rings. The molecule has 1 atom stereocenters. The molecule has 7 nitrogen and oxygen atoms in total. The fraction of sp³-hybridized carbons (Fsp3) is 0.286. The molecule has 0 saturated carbocycles. The van der Waals surface area contributed by atoms with Crippen LogP contribution in [0.15, 0.2) is 78.1 Å². The summed E-state index contributed by atoms with van der Waals surface area (Å²) in [5.41, 5.74) is 4.05. The van der Waals surface area contributed by atoms with Crippen molar-refractivity contribution in [3.63, 3.8) is 0 Å². The van der Waals surface area contributed by atoms with Gasteiger partial charge in [0.1, 0.15) is 12.0 Å². The fourth-order valence-corrected chi connectivity index (χ4v) is 6.40. The number of aldehydes is 1. The first-order valence-corrected chi connectivity index (χ1v) is 13.5. The van der Waals surface area contributed by atoms with Crippen molar-refractivity contribution in [3.8, 4) is 16.9 Å². The predicted octanol–water partition coefficient (Wildman–Crippen LogP) is 4.87. The van der Waals surface area contributed by atoms with Gasteiger partial charge in [-0.15, -0.1) is 0 Å². The van der Waals surface area contributed by atoms with Gasteiger partial charge in [-0.05, 0) is 67.8 Å². The Morgan fingerprint density at radius 2 is 1.92 bits per heavy atom. The second kappa shape index (κ2) is 9.87. The third-order valence-corrected chi connectivity index (χ3v) is 8.48. The molecule has 2 aromatic carbocycles. The molecule has 3 heterocycles. The van der Waals surface area contributed by atoms with Gasteiger partial charge >= 0.3 is 0 Å². The Hall–Kier alpha value is -3.49. The first kappa shape index (κ1) is 24.2. The van der Waals surface area contributed by atoms with E-state index in [1.807, 2.05) is 42.9 Å². The van der Waals surface area contributed by atoms with Gasteiger partial charge in [0.05, 0.1) is 17.5 Å². The third-order valence-electron chi connectivity index (χ3n) is 6.60. The molecule has 1 aliphatic heterocycles. The van der Waals surface area contributed by atoms with Crippen molar-refractivity contribution < 1.29 is 17.9 Å². The van der Waals surface area contributed by atoms with E-state index in [1.54, 1.807) is 34.8 Å². The van der Waals surface area contributed by atoms with Crippen LogP contribution in [-0.4, -0.2) is 47.8 Å². The molecule has 0 spiro atoms. The van der Waals surface area contributed by atoms with E-state index in [9.17, 15) is 13.2 Å². The number of aromatic nitrogens is 2. The molecule has 0 radical (unpaired) electrons. The van der Waals surface area contributed by atoms with Gasteiger partial charge in [-0.3, -0.25) is 4.98 Å². The Morgan fingerprint density at radius 1 is 1.11 bits per heavy atom. The average molecular weight is 504 g/mol. The topological polar surface area (TPSA) is 81.5 Å². The molecule has 0 N–H and O–H groups in total. The van der Waals surface area contributed by atoms with Crippen LogP contribution in [0.3, 0.4) is 0 Å². The number of nitrogens with zero attached hydrogens (tertiary/aromatic N) is 3. The molecular formula is C28H29N3O4S. The number of benzene rings is 2. The zero-order valence-corrected chi connectivity index (χ0v) is 21.2. The van der Waals surface area contributed by atoms with Crippen LogP contribution in [0.5, 0.6) is 5.75 Å². The number of carbonyl (C=O) groups excluding carboxylic acids is 1. The van der Waals surface area contributed by atoms with E-state index >= 15 is 0 Å². The maximum Gasteiger partial charge on any atom is 0.243 e. The summed E-state index contributed by atoms with van der Waals surface area (Å²) >= 11 is 0. The lowest BCUT2D eigenvalue weighted by Crippen LogP contribution is -2.28. The molecule has 0 bridgehead atoms. The van der Waals surface area contributed by atoms with E-state index < -0.39 is 10.0 Å². The van der Waals surface area contributed by atoms with Crippen molar-refractivity contribution >= 4 is 27.2 Å². The molecule has 0 aliphatic carbocycles. The number of rotatable bonds is 8. The number of fused-ring (bicyclic) bond motifs is 1. The summed E-state index contributed by atoms with van der Waals surface area (Å²) in [6.45, 7) is 4.95.